The molecule has 6 heteroatoms. The number of hydrogen-bond acceptors (Lipinski definition) is 4. The van der Waals surface area contributed by atoms with Gasteiger partial charge in [0.15, 0.2) is 0 Å². The largest absolute Gasteiger partial charge is 0.393 e. The summed E-state index contributed by atoms with van der Waals surface area (Å²) < 4.78 is 5.73. The average Bonchev–Trinajstić information content (AvgIpc) is 3.58. The van der Waals surface area contributed by atoms with Gasteiger partial charge in [-0.1, -0.05) is 92.9 Å². The molecule has 1 heterocycles. The van der Waals surface area contributed by atoms with Crippen LogP contribution in [0.3, 0.4) is 0 Å². The van der Waals surface area contributed by atoms with Gasteiger partial charge in [0, 0.05) is 4.91 Å². The molecule has 2 N–H and O–H groups in total. The highest BCUT2D eigenvalue weighted by Crippen LogP contribution is 2.51. The molecule has 0 spiro atoms. The molecule has 0 aromatic carbocycles. The highest BCUT2D eigenvalue weighted by atomic mass is 16.6. The molecule has 2 saturated carbocycles. The molecule has 0 aromatic heterocycles. The van der Waals surface area contributed by atoms with Crippen molar-refractivity contribution in [3.63, 3.8) is 0 Å². The van der Waals surface area contributed by atoms with Crippen molar-refractivity contribution >= 4 is 0 Å². The first-order chi connectivity index (χ1) is 19.3. The molecule has 1 aliphatic heterocycles. The second-order valence-electron chi connectivity index (χ2n) is 17.3. The molecule has 3 fully saturated rings. The van der Waals surface area contributed by atoms with E-state index in [-0.39, 0.29) is 18.1 Å². The summed E-state index contributed by atoms with van der Waals surface area (Å²) in [5, 5.41) is 23.8. The standard InChI is InChI=1S/C13H26O.C12H22O.C11H19N3O/c1-9(2)6-11-8-13(4,5)7-10(3)12(11)14;1-8(2)5-9-6-12(3,4)7-10-11(9)13-10;1-7(2)4-9-5-8(3)6-10(11(9)15)13-14-12/h9-12,14H,6-8H2,1-5H3;8-11H,5-7H2,1-4H3;6-7,9-11,15H,4-5H2,1-3H3/t10-,11+,12+;9-,10+,11-;9-,10-,11-/m100/s1. The summed E-state index contributed by atoms with van der Waals surface area (Å²) in [4.78, 5) is 2.78. The van der Waals surface area contributed by atoms with Crippen LogP contribution in [0.4, 0.5) is 0 Å². The Labute approximate surface area is 259 Å². The molecule has 4 rings (SSSR count). The van der Waals surface area contributed by atoms with E-state index in [4.69, 9.17) is 10.3 Å². The SMILES string of the molecule is CC(C)C[C@H]1CC(C)(C)C[C@@H](C)[C@@H]1O.CC(C)C[C@H]1CC(C)(C)C[C@H]2O[C@@H]12.CC1=C[C@H](N=[N+]=[N-])[C@@H](O)[C@@H](CC(C)C)C1. The monoisotopic (exact) mass is 590 g/mol. The Morgan fingerprint density at radius 1 is 0.833 bits per heavy atom. The van der Waals surface area contributed by atoms with Crippen molar-refractivity contribution in [1.82, 2.24) is 0 Å². The lowest BCUT2D eigenvalue weighted by Gasteiger charge is -2.43. The van der Waals surface area contributed by atoms with Gasteiger partial charge < -0.3 is 14.9 Å². The zero-order chi connectivity index (χ0) is 32.0. The number of epoxide rings is 1. The number of allylic oxidation sites excluding steroid dienone is 1. The molecule has 0 amide bonds. The Morgan fingerprint density at radius 2 is 1.33 bits per heavy atom. The van der Waals surface area contributed by atoms with Crippen LogP contribution in [0.2, 0.25) is 0 Å². The summed E-state index contributed by atoms with van der Waals surface area (Å²) in [5.74, 6) is 4.15. The van der Waals surface area contributed by atoms with E-state index in [1.165, 1.54) is 44.1 Å². The number of hydrogen-bond donors (Lipinski definition) is 2. The van der Waals surface area contributed by atoms with Crippen molar-refractivity contribution in [2.45, 2.75) is 165 Å². The summed E-state index contributed by atoms with van der Waals surface area (Å²) in [6.45, 7) is 27.1. The van der Waals surface area contributed by atoms with Crippen LogP contribution in [-0.4, -0.2) is 40.7 Å². The minimum absolute atomic E-state index is 0.0644. The third-order valence-corrected chi connectivity index (χ3v) is 9.79. The number of ether oxygens (including phenoxy) is 1. The van der Waals surface area contributed by atoms with E-state index in [1.54, 1.807) is 0 Å². The quantitative estimate of drug-likeness (QED) is 0.102. The van der Waals surface area contributed by atoms with E-state index < -0.39 is 6.10 Å². The van der Waals surface area contributed by atoms with Gasteiger partial charge in [-0.2, -0.15) is 0 Å². The predicted octanol–water partition coefficient (Wildman–Crippen LogP) is 9.74. The van der Waals surface area contributed by atoms with Gasteiger partial charge in [-0.05, 0) is 116 Å². The van der Waals surface area contributed by atoms with Crippen LogP contribution in [0, 0.1) is 52.3 Å². The molecule has 4 aliphatic rings. The number of aliphatic hydroxyl groups is 2. The first-order valence-electron chi connectivity index (χ1n) is 17.1. The van der Waals surface area contributed by atoms with Gasteiger partial charge in [-0.15, -0.1) is 0 Å². The Bertz CT molecular complexity index is 905. The van der Waals surface area contributed by atoms with Crippen molar-refractivity contribution in [3.05, 3.63) is 22.1 Å². The Hall–Kier alpha value is -1.07. The van der Waals surface area contributed by atoms with E-state index in [0.29, 0.717) is 46.7 Å². The summed E-state index contributed by atoms with van der Waals surface area (Å²) in [6.07, 6.45) is 12.0. The van der Waals surface area contributed by atoms with Crippen LogP contribution < -0.4 is 0 Å². The summed E-state index contributed by atoms with van der Waals surface area (Å²) in [6, 6.07) is -0.382. The number of nitrogens with zero attached hydrogens (tertiary/aromatic N) is 3. The molecule has 3 aliphatic carbocycles. The maximum atomic E-state index is 10.1. The molecular weight excluding hydrogens is 522 g/mol. The fourth-order valence-corrected chi connectivity index (χ4v) is 8.47. The number of aliphatic hydroxyl groups excluding tert-OH is 2. The van der Waals surface area contributed by atoms with Gasteiger partial charge >= 0.3 is 0 Å². The lowest BCUT2D eigenvalue weighted by molar-refractivity contribution is -0.0290. The van der Waals surface area contributed by atoms with Crippen LogP contribution in [0.15, 0.2) is 16.8 Å². The number of fused-ring (bicyclic) bond motifs is 1. The van der Waals surface area contributed by atoms with Gasteiger partial charge in [0.25, 0.3) is 0 Å². The zero-order valence-corrected chi connectivity index (χ0v) is 29.3. The van der Waals surface area contributed by atoms with Gasteiger partial charge in [0.1, 0.15) is 0 Å². The smallest absolute Gasteiger partial charge is 0.0870 e. The van der Waals surface area contributed by atoms with Gasteiger partial charge in [0.2, 0.25) is 0 Å². The van der Waals surface area contributed by atoms with Crippen molar-refractivity contribution in [1.29, 1.82) is 0 Å². The molecular formula is C36H67N3O3. The molecule has 0 unspecified atom stereocenters. The molecule has 6 nitrogen and oxygen atoms in total. The highest BCUT2D eigenvalue weighted by molar-refractivity contribution is 5.13. The molecule has 42 heavy (non-hydrogen) atoms. The van der Waals surface area contributed by atoms with Crippen molar-refractivity contribution in [2.24, 2.45) is 57.4 Å². The van der Waals surface area contributed by atoms with Crippen molar-refractivity contribution < 1.29 is 14.9 Å². The van der Waals surface area contributed by atoms with Crippen LogP contribution in [0.5, 0.6) is 0 Å². The normalized spacial score (nSPS) is 36.5. The third kappa shape index (κ3) is 12.1. The van der Waals surface area contributed by atoms with Crippen LogP contribution in [0.1, 0.15) is 134 Å². The highest BCUT2D eigenvalue weighted by Gasteiger charge is 2.52. The maximum Gasteiger partial charge on any atom is 0.0870 e. The summed E-state index contributed by atoms with van der Waals surface area (Å²) in [7, 11) is 0. The number of azide groups is 1. The second-order valence-corrected chi connectivity index (χ2v) is 17.3. The van der Waals surface area contributed by atoms with E-state index in [1.807, 2.05) is 13.0 Å². The fraction of sp³-hybridized carbons (Fsp3) is 0.944. The van der Waals surface area contributed by atoms with Gasteiger partial charge in [-0.25, -0.2) is 0 Å². The van der Waals surface area contributed by atoms with Gasteiger partial charge in [-0.3, -0.25) is 0 Å². The van der Waals surface area contributed by atoms with Crippen molar-refractivity contribution in [3.8, 4) is 0 Å². The van der Waals surface area contributed by atoms with Crippen LogP contribution >= 0.6 is 0 Å². The predicted molar refractivity (Wildman–Crippen MR) is 176 cm³/mol. The van der Waals surface area contributed by atoms with E-state index in [2.05, 4.69) is 86.2 Å². The maximum absolute atomic E-state index is 10.1. The lowest BCUT2D eigenvalue weighted by Crippen LogP contribution is -2.39. The van der Waals surface area contributed by atoms with E-state index in [0.717, 1.165) is 24.7 Å². The summed E-state index contributed by atoms with van der Waals surface area (Å²) in [5.41, 5.74) is 10.6. The van der Waals surface area contributed by atoms with Crippen LogP contribution in [-0.2, 0) is 4.74 Å². The minimum atomic E-state index is -0.521. The van der Waals surface area contributed by atoms with Gasteiger partial charge in [0.05, 0.1) is 30.5 Å². The van der Waals surface area contributed by atoms with Crippen LogP contribution in [0.25, 0.3) is 10.4 Å². The average molecular weight is 590 g/mol. The fourth-order valence-electron chi connectivity index (χ4n) is 8.47. The first-order valence-corrected chi connectivity index (χ1v) is 17.1. The topological polar surface area (TPSA) is 102 Å². The molecule has 1 saturated heterocycles. The van der Waals surface area contributed by atoms with E-state index >= 15 is 0 Å². The van der Waals surface area contributed by atoms with E-state index in [9.17, 15) is 10.2 Å². The zero-order valence-electron chi connectivity index (χ0n) is 29.3. The van der Waals surface area contributed by atoms with Crippen molar-refractivity contribution in [2.75, 3.05) is 0 Å². The molecule has 0 bridgehead atoms. The Kier molecular flexibility index (Phi) is 13.9. The Balaban J connectivity index is 0.000000220. The molecule has 244 valence electrons. The number of rotatable bonds is 7. The molecule has 0 aromatic rings. The molecule has 0 radical (unpaired) electrons. The first kappa shape index (κ1) is 37.1. The minimum Gasteiger partial charge on any atom is -0.393 e. The summed E-state index contributed by atoms with van der Waals surface area (Å²) >= 11 is 0. The lowest BCUT2D eigenvalue weighted by atomic mass is 9.65. The molecule has 9 atom stereocenters. The Morgan fingerprint density at radius 3 is 1.88 bits per heavy atom. The second kappa shape index (κ2) is 15.8. The third-order valence-electron chi connectivity index (χ3n) is 9.79.